The van der Waals surface area contributed by atoms with Crippen LogP contribution in [0, 0.1) is 11.8 Å². The van der Waals surface area contributed by atoms with Crippen LogP contribution in [0.3, 0.4) is 0 Å². The summed E-state index contributed by atoms with van der Waals surface area (Å²) in [6, 6.07) is 16.6. The number of carboxylic acid groups (broad SMARTS) is 2. The molecular formula is C26H31N3O5. The first kappa shape index (κ1) is 25.2. The van der Waals surface area contributed by atoms with E-state index in [1.807, 2.05) is 12.1 Å². The standard InChI is InChI=1S/C26H31N3O5/c30-25(31)20-34-18-17-28-13-15-29(16-14-28)19-23-6-1-2-7-24(23)22-10-8-21(9-11-22)5-3-4-12-27-26(32)33/h1-2,6-11,27H,4,12-20H2,(H,30,31)(H,32,33). The Hall–Kier alpha value is -3.38. The maximum Gasteiger partial charge on any atom is 0.404 e. The minimum absolute atomic E-state index is 0.241. The summed E-state index contributed by atoms with van der Waals surface area (Å²) < 4.78 is 5.15. The monoisotopic (exact) mass is 465 g/mol. The number of hydrogen-bond acceptors (Lipinski definition) is 5. The highest BCUT2D eigenvalue weighted by Gasteiger charge is 2.18. The van der Waals surface area contributed by atoms with Gasteiger partial charge in [-0.1, -0.05) is 48.2 Å². The molecule has 3 rings (SSSR count). The van der Waals surface area contributed by atoms with E-state index in [0.29, 0.717) is 19.6 Å². The molecule has 180 valence electrons. The van der Waals surface area contributed by atoms with Crippen molar-refractivity contribution in [1.82, 2.24) is 15.1 Å². The Labute approximate surface area is 200 Å². The van der Waals surface area contributed by atoms with Gasteiger partial charge in [-0.2, -0.15) is 0 Å². The van der Waals surface area contributed by atoms with Gasteiger partial charge in [0, 0.05) is 57.8 Å². The number of benzene rings is 2. The maximum atomic E-state index is 10.5. The molecule has 3 N–H and O–H groups in total. The molecule has 1 amide bonds. The smallest absolute Gasteiger partial charge is 0.404 e. The van der Waals surface area contributed by atoms with E-state index in [1.165, 1.54) is 11.1 Å². The van der Waals surface area contributed by atoms with Crippen molar-refractivity contribution in [3.05, 3.63) is 59.7 Å². The molecule has 1 fully saturated rings. The molecule has 0 bridgehead atoms. The first-order valence-corrected chi connectivity index (χ1v) is 11.4. The van der Waals surface area contributed by atoms with Gasteiger partial charge in [0.1, 0.15) is 6.61 Å². The number of rotatable bonds is 10. The Morgan fingerprint density at radius 1 is 0.971 bits per heavy atom. The number of piperazine rings is 1. The number of aliphatic carboxylic acids is 1. The molecule has 0 atom stereocenters. The first-order chi connectivity index (χ1) is 16.5. The molecule has 8 nitrogen and oxygen atoms in total. The normalized spacial score (nSPS) is 14.2. The zero-order valence-corrected chi connectivity index (χ0v) is 19.2. The predicted molar refractivity (Wildman–Crippen MR) is 130 cm³/mol. The summed E-state index contributed by atoms with van der Waals surface area (Å²) in [5, 5.41) is 19.5. The highest BCUT2D eigenvalue weighted by molar-refractivity contribution is 5.68. The summed E-state index contributed by atoms with van der Waals surface area (Å²) in [6.45, 7) is 5.93. The van der Waals surface area contributed by atoms with Gasteiger partial charge in [-0.3, -0.25) is 9.80 Å². The van der Waals surface area contributed by atoms with E-state index in [2.05, 4.69) is 63.4 Å². The third-order valence-corrected chi connectivity index (χ3v) is 5.61. The fraction of sp³-hybridized carbons (Fsp3) is 0.385. The Balaban J connectivity index is 1.52. The van der Waals surface area contributed by atoms with Crippen LogP contribution >= 0.6 is 0 Å². The number of carboxylic acids is 1. The lowest BCUT2D eigenvalue weighted by molar-refractivity contribution is -0.142. The molecule has 8 heteroatoms. The Kier molecular flexibility index (Phi) is 9.92. The second-order valence-corrected chi connectivity index (χ2v) is 8.08. The minimum atomic E-state index is -1.03. The van der Waals surface area contributed by atoms with Gasteiger partial charge in [-0.05, 0) is 28.8 Å². The van der Waals surface area contributed by atoms with Crippen LogP contribution in [0.25, 0.3) is 11.1 Å². The molecule has 1 heterocycles. The second kappa shape index (κ2) is 13.4. The van der Waals surface area contributed by atoms with Gasteiger partial charge >= 0.3 is 12.1 Å². The minimum Gasteiger partial charge on any atom is -0.480 e. The molecule has 34 heavy (non-hydrogen) atoms. The molecule has 0 spiro atoms. The average Bonchev–Trinajstić information content (AvgIpc) is 2.83. The van der Waals surface area contributed by atoms with E-state index >= 15 is 0 Å². The molecule has 0 saturated carbocycles. The van der Waals surface area contributed by atoms with E-state index in [0.717, 1.165) is 50.4 Å². The Morgan fingerprint density at radius 3 is 2.38 bits per heavy atom. The van der Waals surface area contributed by atoms with Gasteiger partial charge in [-0.15, -0.1) is 0 Å². The summed E-state index contributed by atoms with van der Waals surface area (Å²) in [6.07, 6.45) is -0.561. The van der Waals surface area contributed by atoms with Crippen molar-refractivity contribution in [3.63, 3.8) is 0 Å². The molecular weight excluding hydrogens is 434 g/mol. The lowest BCUT2D eigenvalue weighted by Gasteiger charge is -2.35. The third kappa shape index (κ3) is 8.52. The fourth-order valence-electron chi connectivity index (χ4n) is 3.83. The van der Waals surface area contributed by atoms with Crippen LogP contribution in [0.5, 0.6) is 0 Å². The number of hydrogen-bond donors (Lipinski definition) is 3. The van der Waals surface area contributed by atoms with E-state index in [-0.39, 0.29) is 6.61 Å². The van der Waals surface area contributed by atoms with E-state index in [4.69, 9.17) is 14.9 Å². The molecule has 0 aliphatic carbocycles. The van der Waals surface area contributed by atoms with Crippen molar-refractivity contribution < 1.29 is 24.5 Å². The summed E-state index contributed by atoms with van der Waals surface area (Å²) in [7, 11) is 0. The van der Waals surface area contributed by atoms with Crippen molar-refractivity contribution >= 4 is 12.1 Å². The summed E-state index contributed by atoms with van der Waals surface area (Å²) in [4.78, 5) is 25.7. The molecule has 1 aliphatic rings. The van der Waals surface area contributed by atoms with Gasteiger partial charge < -0.3 is 20.3 Å². The Morgan fingerprint density at radius 2 is 1.68 bits per heavy atom. The van der Waals surface area contributed by atoms with Crippen LogP contribution < -0.4 is 5.32 Å². The number of nitrogens with zero attached hydrogens (tertiary/aromatic N) is 2. The lowest BCUT2D eigenvalue weighted by Crippen LogP contribution is -2.46. The lowest BCUT2D eigenvalue weighted by atomic mass is 9.98. The van der Waals surface area contributed by atoms with Crippen molar-refractivity contribution in [2.24, 2.45) is 0 Å². The molecule has 1 saturated heterocycles. The topological polar surface area (TPSA) is 102 Å². The highest BCUT2D eigenvalue weighted by atomic mass is 16.5. The summed E-state index contributed by atoms with van der Waals surface area (Å²) in [5.74, 6) is 5.12. The number of amides is 1. The molecule has 0 unspecified atom stereocenters. The highest BCUT2D eigenvalue weighted by Crippen LogP contribution is 2.25. The molecule has 0 radical (unpaired) electrons. The van der Waals surface area contributed by atoms with E-state index in [1.54, 1.807) is 0 Å². The van der Waals surface area contributed by atoms with Crippen LogP contribution in [-0.2, 0) is 16.1 Å². The molecule has 2 aromatic rings. The van der Waals surface area contributed by atoms with Crippen LogP contribution in [0.2, 0.25) is 0 Å². The molecule has 1 aliphatic heterocycles. The predicted octanol–water partition coefficient (Wildman–Crippen LogP) is 2.58. The fourth-order valence-corrected chi connectivity index (χ4v) is 3.83. The van der Waals surface area contributed by atoms with Gasteiger partial charge in [0.25, 0.3) is 0 Å². The zero-order valence-electron chi connectivity index (χ0n) is 19.2. The summed E-state index contributed by atoms with van der Waals surface area (Å²) in [5.41, 5.74) is 4.53. The maximum absolute atomic E-state index is 10.5. The van der Waals surface area contributed by atoms with E-state index < -0.39 is 12.1 Å². The molecule has 2 aromatic carbocycles. The molecule has 0 aromatic heterocycles. The zero-order chi connectivity index (χ0) is 24.2. The quantitative estimate of drug-likeness (QED) is 0.366. The van der Waals surface area contributed by atoms with Crippen molar-refractivity contribution in [1.29, 1.82) is 0 Å². The van der Waals surface area contributed by atoms with E-state index in [9.17, 15) is 9.59 Å². The van der Waals surface area contributed by atoms with Crippen LogP contribution in [0.1, 0.15) is 17.5 Å². The average molecular weight is 466 g/mol. The van der Waals surface area contributed by atoms with Crippen LogP contribution in [0.15, 0.2) is 48.5 Å². The van der Waals surface area contributed by atoms with Crippen LogP contribution in [0.4, 0.5) is 4.79 Å². The second-order valence-electron chi connectivity index (χ2n) is 8.08. The largest absolute Gasteiger partial charge is 0.480 e. The number of carbonyl (C=O) groups is 2. The summed E-state index contributed by atoms with van der Waals surface area (Å²) >= 11 is 0. The van der Waals surface area contributed by atoms with Gasteiger partial charge in [0.05, 0.1) is 6.61 Å². The van der Waals surface area contributed by atoms with Crippen molar-refractivity contribution in [2.75, 3.05) is 52.5 Å². The number of nitrogens with one attached hydrogen (secondary N) is 1. The van der Waals surface area contributed by atoms with Gasteiger partial charge in [0.2, 0.25) is 0 Å². The van der Waals surface area contributed by atoms with Gasteiger partial charge in [0.15, 0.2) is 0 Å². The first-order valence-electron chi connectivity index (χ1n) is 11.4. The Bertz CT molecular complexity index is 1010. The number of ether oxygens (including phenoxy) is 1. The third-order valence-electron chi connectivity index (χ3n) is 5.61. The SMILES string of the molecule is O=C(O)COCCN1CCN(Cc2ccccc2-c2ccc(C#CCCNC(=O)O)cc2)CC1. The van der Waals surface area contributed by atoms with Gasteiger partial charge in [-0.25, -0.2) is 9.59 Å². The van der Waals surface area contributed by atoms with Crippen LogP contribution in [-0.4, -0.2) is 84.6 Å². The van der Waals surface area contributed by atoms with Crippen molar-refractivity contribution in [2.45, 2.75) is 13.0 Å². The van der Waals surface area contributed by atoms with Crippen molar-refractivity contribution in [3.8, 4) is 23.0 Å².